The maximum Gasteiger partial charge on any atom is 0.274 e. The lowest BCUT2D eigenvalue weighted by Crippen LogP contribution is -2.22. The highest BCUT2D eigenvalue weighted by Gasteiger charge is 2.12. The maximum atomic E-state index is 13.0. The normalized spacial score (nSPS) is 12.8. The van der Waals surface area contributed by atoms with Gasteiger partial charge in [-0.3, -0.25) is 4.79 Å². The van der Waals surface area contributed by atoms with Crippen molar-refractivity contribution in [3.63, 3.8) is 0 Å². The van der Waals surface area contributed by atoms with Crippen molar-refractivity contribution < 1.29 is 0 Å². The molecule has 29 heavy (non-hydrogen) atoms. The zero-order chi connectivity index (χ0) is 19.5. The van der Waals surface area contributed by atoms with Crippen molar-refractivity contribution in [2.24, 2.45) is 0 Å². The number of imidazole rings is 1. The molecule has 0 saturated heterocycles. The molecule has 0 bridgehead atoms. The van der Waals surface area contributed by atoms with Crippen LogP contribution >= 0.6 is 11.3 Å². The molecule has 0 radical (unpaired) electrons. The van der Waals surface area contributed by atoms with Crippen LogP contribution in [0.1, 0.15) is 12.5 Å². The molecule has 0 spiro atoms. The second-order valence-electron chi connectivity index (χ2n) is 7.17. The number of rotatable bonds is 2. The number of benzene rings is 3. The minimum absolute atomic E-state index is 0.00483. The molecule has 0 amide bonds. The number of thiazole rings is 1. The van der Waals surface area contributed by atoms with Crippen LogP contribution in [0.5, 0.6) is 0 Å². The third-order valence-corrected chi connectivity index (χ3v) is 6.52. The van der Waals surface area contributed by atoms with Gasteiger partial charge in [0.05, 0.1) is 15.6 Å². The van der Waals surface area contributed by atoms with E-state index in [9.17, 15) is 4.79 Å². The van der Waals surface area contributed by atoms with Gasteiger partial charge in [0.15, 0.2) is 4.96 Å². The molecule has 0 N–H and O–H groups in total. The van der Waals surface area contributed by atoms with Crippen LogP contribution < -0.4 is 10.1 Å². The van der Waals surface area contributed by atoms with Crippen LogP contribution in [0.2, 0.25) is 0 Å². The Morgan fingerprint density at radius 3 is 2.55 bits per heavy atom. The van der Waals surface area contributed by atoms with E-state index in [0.29, 0.717) is 4.53 Å². The summed E-state index contributed by atoms with van der Waals surface area (Å²) in [7, 11) is 0. The van der Waals surface area contributed by atoms with Crippen LogP contribution in [0.4, 0.5) is 0 Å². The molecule has 0 atom stereocenters. The molecule has 3 aromatic heterocycles. The third-order valence-electron chi connectivity index (χ3n) is 5.56. The van der Waals surface area contributed by atoms with Gasteiger partial charge in [-0.05, 0) is 48.9 Å². The fraction of sp³-hybridized carbons (Fsp3) is 0.0833. The molecule has 0 unspecified atom stereocenters. The molecule has 6 rings (SSSR count). The van der Waals surface area contributed by atoms with Crippen LogP contribution in [-0.2, 0) is 6.54 Å². The number of aromatic nitrogens is 3. The summed E-state index contributed by atoms with van der Waals surface area (Å²) in [6, 6.07) is 22.7. The van der Waals surface area contributed by atoms with Crippen molar-refractivity contribution >= 4 is 55.2 Å². The van der Waals surface area contributed by atoms with Gasteiger partial charge in [-0.15, -0.1) is 0 Å². The number of nitrogens with zero attached hydrogens (tertiary/aromatic N) is 3. The number of hydrogen-bond donors (Lipinski definition) is 0. The number of aryl methyl sites for hydroxylation is 1. The van der Waals surface area contributed by atoms with Crippen molar-refractivity contribution in [2.45, 2.75) is 13.5 Å². The molecule has 5 heteroatoms. The first-order chi connectivity index (χ1) is 14.2. The number of para-hydroxylation sites is 3. The van der Waals surface area contributed by atoms with E-state index in [1.165, 1.54) is 33.1 Å². The summed E-state index contributed by atoms with van der Waals surface area (Å²) in [5, 5.41) is 2.46. The largest absolute Gasteiger partial charge is 0.341 e. The Balaban J connectivity index is 1.61. The van der Waals surface area contributed by atoms with Crippen molar-refractivity contribution in [2.75, 3.05) is 0 Å². The summed E-state index contributed by atoms with van der Waals surface area (Å²) < 4.78 is 4.75. The van der Waals surface area contributed by atoms with Crippen LogP contribution in [-0.4, -0.2) is 14.0 Å². The van der Waals surface area contributed by atoms with Crippen molar-refractivity contribution in [3.05, 3.63) is 87.2 Å². The highest BCUT2D eigenvalue weighted by molar-refractivity contribution is 7.15. The molecule has 6 aromatic rings. The summed E-state index contributed by atoms with van der Waals surface area (Å²) in [6.45, 7) is 3.09. The number of fused-ring (bicyclic) bond motifs is 6. The zero-order valence-electron chi connectivity index (χ0n) is 15.8. The van der Waals surface area contributed by atoms with Crippen molar-refractivity contribution in [1.82, 2.24) is 14.0 Å². The SMILES string of the molecule is CCn1c2ccccc2c2cc(/C=c3\sc4nc5ccccc5n4c3=O)ccc21. The highest BCUT2D eigenvalue weighted by Crippen LogP contribution is 2.29. The molecule has 0 aliphatic rings. The minimum atomic E-state index is -0.00483. The first-order valence-electron chi connectivity index (χ1n) is 9.67. The lowest BCUT2D eigenvalue weighted by atomic mass is 10.1. The Bertz CT molecular complexity index is 1670. The average Bonchev–Trinajstić information content (AvgIpc) is 3.37. The predicted molar refractivity (Wildman–Crippen MR) is 121 cm³/mol. The quantitative estimate of drug-likeness (QED) is 0.430. The van der Waals surface area contributed by atoms with E-state index in [1.54, 1.807) is 4.40 Å². The molecule has 4 nitrogen and oxygen atoms in total. The molecule has 0 aliphatic carbocycles. The van der Waals surface area contributed by atoms with Crippen LogP contribution in [0.3, 0.4) is 0 Å². The molecular formula is C24H17N3OS. The van der Waals surface area contributed by atoms with Gasteiger partial charge >= 0.3 is 0 Å². The second-order valence-corrected chi connectivity index (χ2v) is 8.18. The van der Waals surface area contributed by atoms with E-state index in [2.05, 4.69) is 58.9 Å². The first-order valence-corrected chi connectivity index (χ1v) is 10.5. The Kier molecular flexibility index (Phi) is 3.43. The molecule has 0 saturated carbocycles. The Hall–Kier alpha value is -3.44. The second kappa shape index (κ2) is 6.03. The molecule has 0 aliphatic heterocycles. The molecule has 0 fully saturated rings. The molecule has 3 aromatic carbocycles. The van der Waals surface area contributed by atoms with Crippen LogP contribution in [0.15, 0.2) is 71.5 Å². The van der Waals surface area contributed by atoms with Gasteiger partial charge in [0.2, 0.25) is 0 Å². The molecular weight excluding hydrogens is 378 g/mol. The smallest absolute Gasteiger partial charge is 0.274 e. The third kappa shape index (κ3) is 2.31. The number of hydrogen-bond acceptors (Lipinski definition) is 3. The average molecular weight is 395 g/mol. The summed E-state index contributed by atoms with van der Waals surface area (Å²) in [5.41, 5.74) is 5.21. The summed E-state index contributed by atoms with van der Waals surface area (Å²) in [6.07, 6.45) is 1.98. The van der Waals surface area contributed by atoms with E-state index in [1.807, 2.05) is 30.3 Å². The Morgan fingerprint density at radius 2 is 1.69 bits per heavy atom. The van der Waals surface area contributed by atoms with Gasteiger partial charge in [0.25, 0.3) is 5.56 Å². The van der Waals surface area contributed by atoms with Crippen LogP contribution in [0.25, 0.3) is 43.9 Å². The summed E-state index contributed by atoms with van der Waals surface area (Å²) >= 11 is 1.44. The van der Waals surface area contributed by atoms with Gasteiger partial charge in [-0.25, -0.2) is 9.38 Å². The fourth-order valence-electron chi connectivity index (χ4n) is 4.27. The topological polar surface area (TPSA) is 39.3 Å². The predicted octanol–water partition coefficient (Wildman–Crippen LogP) is 4.58. The van der Waals surface area contributed by atoms with Gasteiger partial charge in [-0.2, -0.15) is 0 Å². The molecule has 3 heterocycles. The Labute approximate surface area is 169 Å². The van der Waals surface area contributed by atoms with Gasteiger partial charge in [-0.1, -0.05) is 47.7 Å². The van der Waals surface area contributed by atoms with Crippen molar-refractivity contribution in [3.8, 4) is 0 Å². The van der Waals surface area contributed by atoms with Crippen LogP contribution in [0, 0.1) is 0 Å². The highest BCUT2D eigenvalue weighted by atomic mass is 32.1. The summed E-state index contributed by atoms with van der Waals surface area (Å²) in [4.78, 5) is 18.4. The van der Waals surface area contributed by atoms with Crippen molar-refractivity contribution in [1.29, 1.82) is 0 Å². The summed E-state index contributed by atoms with van der Waals surface area (Å²) in [5.74, 6) is 0. The monoisotopic (exact) mass is 395 g/mol. The minimum Gasteiger partial charge on any atom is -0.341 e. The zero-order valence-corrected chi connectivity index (χ0v) is 16.6. The van der Waals surface area contributed by atoms with Gasteiger partial charge in [0, 0.05) is 28.4 Å². The fourth-order valence-corrected chi connectivity index (χ4v) is 5.25. The Morgan fingerprint density at radius 1 is 0.931 bits per heavy atom. The standard InChI is InChI=1S/C24H17N3OS/c1-2-26-19-9-5-3-7-16(19)17-13-15(11-12-20(17)26)14-22-23(28)27-21-10-6-4-8-18(21)25-24(27)29-22/h3-14H,2H2,1H3/b22-14-. The van der Waals surface area contributed by atoms with E-state index in [-0.39, 0.29) is 5.56 Å². The van der Waals surface area contributed by atoms with Gasteiger partial charge < -0.3 is 4.57 Å². The van der Waals surface area contributed by atoms with E-state index >= 15 is 0 Å². The first kappa shape index (κ1) is 16.5. The molecule has 140 valence electrons. The van der Waals surface area contributed by atoms with E-state index < -0.39 is 0 Å². The lowest BCUT2D eigenvalue weighted by Gasteiger charge is -2.02. The van der Waals surface area contributed by atoms with Gasteiger partial charge in [0.1, 0.15) is 0 Å². The van der Waals surface area contributed by atoms with E-state index in [0.717, 1.165) is 28.1 Å². The lowest BCUT2D eigenvalue weighted by molar-refractivity contribution is 0.827. The maximum absolute atomic E-state index is 13.0. The van der Waals surface area contributed by atoms with E-state index in [4.69, 9.17) is 0 Å².